The van der Waals surface area contributed by atoms with Crippen LogP contribution in [0.1, 0.15) is 20.8 Å². The van der Waals surface area contributed by atoms with E-state index >= 15 is 0 Å². The van der Waals surface area contributed by atoms with Crippen molar-refractivity contribution in [3.05, 3.63) is 22.7 Å². The Morgan fingerprint density at radius 1 is 1.50 bits per heavy atom. The molecule has 0 atom stereocenters. The van der Waals surface area contributed by atoms with Crippen LogP contribution in [0.2, 0.25) is 0 Å². The maximum Gasteiger partial charge on any atom is 0.0717 e. The van der Waals surface area contributed by atoms with Crippen LogP contribution >= 0.6 is 11.8 Å². The molecule has 1 aliphatic rings. The van der Waals surface area contributed by atoms with Gasteiger partial charge in [0, 0.05) is 12.7 Å². The predicted octanol–water partition coefficient (Wildman–Crippen LogP) is 3.02. The van der Waals surface area contributed by atoms with Crippen molar-refractivity contribution in [2.45, 2.75) is 20.8 Å². The number of allylic oxidation sites excluding steroid dienone is 1. The van der Waals surface area contributed by atoms with Gasteiger partial charge in [-0.25, -0.2) is 0 Å². The molecule has 0 spiro atoms. The number of hydrogen-bond acceptors (Lipinski definition) is 2. The molecule has 0 amide bonds. The molecule has 0 saturated heterocycles. The molecule has 0 unspecified atom stereocenters. The first-order valence-electron chi connectivity index (χ1n) is 3.48. The van der Waals surface area contributed by atoms with Crippen LogP contribution in [-0.4, -0.2) is 11.9 Å². The fourth-order valence-electron chi connectivity index (χ4n) is 0.508. The van der Waals surface area contributed by atoms with Crippen LogP contribution in [0.25, 0.3) is 0 Å². The number of rotatable bonds is 0. The molecule has 0 bridgehead atoms. The first-order chi connectivity index (χ1) is 4.72. The van der Waals surface area contributed by atoms with Gasteiger partial charge < -0.3 is 4.90 Å². The van der Waals surface area contributed by atoms with E-state index in [2.05, 4.69) is 23.8 Å². The number of hydrogen-bond donors (Lipinski definition) is 0. The average Bonchev–Trinajstić information content (AvgIpc) is 2.25. The number of thioether (sulfide) groups is 1. The van der Waals surface area contributed by atoms with E-state index in [1.807, 2.05) is 20.9 Å². The smallest absolute Gasteiger partial charge is 0.0717 e. The lowest BCUT2D eigenvalue weighted by molar-refractivity contribution is 0.569. The molecule has 0 N–H and O–H groups in total. The molecule has 1 rings (SSSR count). The van der Waals surface area contributed by atoms with Crippen molar-refractivity contribution < 1.29 is 0 Å². The summed E-state index contributed by atoms with van der Waals surface area (Å²) < 4.78 is 0. The van der Waals surface area contributed by atoms with E-state index in [1.54, 1.807) is 11.8 Å². The Balaban J connectivity index is 0.000000371. The van der Waals surface area contributed by atoms with E-state index in [4.69, 9.17) is 0 Å². The van der Waals surface area contributed by atoms with Crippen molar-refractivity contribution in [3.8, 4) is 0 Å². The lowest BCUT2D eigenvalue weighted by Crippen LogP contribution is -2.06. The van der Waals surface area contributed by atoms with Gasteiger partial charge in [0.1, 0.15) is 0 Å². The lowest BCUT2D eigenvalue weighted by Gasteiger charge is -2.11. The van der Waals surface area contributed by atoms with E-state index in [-0.39, 0.29) is 0 Å². The second kappa shape index (κ2) is 4.45. The normalized spacial score (nSPS) is 16.2. The SMILES string of the molecule is C=C1SC=C(C)N1C.CC. The fraction of sp³-hybridized carbons (Fsp3) is 0.500. The van der Waals surface area contributed by atoms with Gasteiger partial charge in [-0.05, 0) is 12.3 Å². The number of nitrogens with zero attached hydrogens (tertiary/aromatic N) is 1. The van der Waals surface area contributed by atoms with E-state index in [9.17, 15) is 0 Å². The van der Waals surface area contributed by atoms with E-state index < -0.39 is 0 Å². The van der Waals surface area contributed by atoms with Gasteiger partial charge in [-0.1, -0.05) is 32.2 Å². The zero-order chi connectivity index (χ0) is 8.15. The topological polar surface area (TPSA) is 3.24 Å². The maximum absolute atomic E-state index is 3.82. The van der Waals surface area contributed by atoms with E-state index in [0.29, 0.717) is 0 Å². The molecule has 0 aromatic heterocycles. The molecular weight excluding hydrogens is 142 g/mol. The fourth-order valence-corrected chi connectivity index (χ4v) is 1.27. The first kappa shape index (κ1) is 9.63. The second-order valence-corrected chi connectivity index (χ2v) is 2.77. The molecule has 0 radical (unpaired) electrons. The highest BCUT2D eigenvalue weighted by atomic mass is 32.2. The van der Waals surface area contributed by atoms with Crippen LogP contribution in [0.15, 0.2) is 22.7 Å². The Bertz CT molecular complexity index is 149. The van der Waals surface area contributed by atoms with Crippen molar-refractivity contribution >= 4 is 11.8 Å². The minimum Gasteiger partial charge on any atom is -0.343 e. The van der Waals surface area contributed by atoms with Gasteiger partial charge in [0.25, 0.3) is 0 Å². The van der Waals surface area contributed by atoms with Crippen molar-refractivity contribution in [3.63, 3.8) is 0 Å². The minimum absolute atomic E-state index is 1.11. The van der Waals surface area contributed by atoms with Gasteiger partial charge in [-0.2, -0.15) is 0 Å². The Hall–Kier alpha value is -0.370. The highest BCUT2D eigenvalue weighted by Gasteiger charge is 2.09. The van der Waals surface area contributed by atoms with Crippen LogP contribution in [0.5, 0.6) is 0 Å². The van der Waals surface area contributed by atoms with Crippen molar-refractivity contribution in [1.29, 1.82) is 0 Å². The summed E-state index contributed by atoms with van der Waals surface area (Å²) in [5.41, 5.74) is 1.28. The molecule has 10 heavy (non-hydrogen) atoms. The van der Waals surface area contributed by atoms with Crippen molar-refractivity contribution in [2.24, 2.45) is 0 Å². The first-order valence-corrected chi connectivity index (χ1v) is 4.36. The van der Waals surface area contributed by atoms with Crippen LogP contribution in [0, 0.1) is 0 Å². The molecule has 0 fully saturated rings. The molecule has 1 heterocycles. The second-order valence-electron chi connectivity index (χ2n) is 1.83. The standard InChI is InChI=1S/C6H9NS.C2H6/c1-5-4-8-6(2)7(5)3;1-2/h4H,2H2,1,3H3;1-2H3. The van der Waals surface area contributed by atoms with Gasteiger partial charge in [-0.3, -0.25) is 0 Å². The van der Waals surface area contributed by atoms with Crippen LogP contribution in [0.4, 0.5) is 0 Å². The predicted molar refractivity (Wildman–Crippen MR) is 49.6 cm³/mol. The lowest BCUT2D eigenvalue weighted by atomic mass is 10.5. The van der Waals surface area contributed by atoms with Gasteiger partial charge in [0.15, 0.2) is 0 Å². The van der Waals surface area contributed by atoms with Gasteiger partial charge >= 0.3 is 0 Å². The van der Waals surface area contributed by atoms with Crippen molar-refractivity contribution in [2.75, 3.05) is 7.05 Å². The molecule has 0 aromatic carbocycles. The molecule has 2 heteroatoms. The minimum atomic E-state index is 1.11. The zero-order valence-corrected chi connectivity index (χ0v) is 7.96. The molecule has 1 aliphatic heterocycles. The van der Waals surface area contributed by atoms with Crippen LogP contribution < -0.4 is 0 Å². The summed E-state index contributed by atoms with van der Waals surface area (Å²) in [4.78, 5) is 2.07. The summed E-state index contributed by atoms with van der Waals surface area (Å²) in [5.74, 6) is 0. The molecule has 58 valence electrons. The summed E-state index contributed by atoms with van der Waals surface area (Å²) >= 11 is 1.68. The summed E-state index contributed by atoms with van der Waals surface area (Å²) in [6.07, 6.45) is 0. The monoisotopic (exact) mass is 157 g/mol. The maximum atomic E-state index is 3.82. The highest BCUT2D eigenvalue weighted by Crippen LogP contribution is 2.30. The Morgan fingerprint density at radius 3 is 2.10 bits per heavy atom. The molecule has 0 aliphatic carbocycles. The van der Waals surface area contributed by atoms with Gasteiger partial charge in [0.05, 0.1) is 5.03 Å². The highest BCUT2D eigenvalue weighted by molar-refractivity contribution is 8.06. The third-order valence-electron chi connectivity index (χ3n) is 1.27. The van der Waals surface area contributed by atoms with Gasteiger partial charge in [0.2, 0.25) is 0 Å². The van der Waals surface area contributed by atoms with Crippen molar-refractivity contribution in [1.82, 2.24) is 4.90 Å². The zero-order valence-electron chi connectivity index (χ0n) is 7.14. The Kier molecular flexibility index (Phi) is 4.28. The molecule has 0 saturated carbocycles. The summed E-state index contributed by atoms with van der Waals surface area (Å²) in [6.45, 7) is 9.90. The third kappa shape index (κ3) is 2.10. The molecule has 0 aromatic rings. The summed E-state index contributed by atoms with van der Waals surface area (Å²) in [6, 6.07) is 0. The molecular formula is C8H15NS. The van der Waals surface area contributed by atoms with Crippen LogP contribution in [-0.2, 0) is 0 Å². The summed E-state index contributed by atoms with van der Waals surface area (Å²) in [7, 11) is 2.02. The quantitative estimate of drug-likeness (QED) is 0.531. The van der Waals surface area contributed by atoms with Crippen LogP contribution in [0.3, 0.4) is 0 Å². The molecule has 1 nitrogen and oxygen atoms in total. The third-order valence-corrected chi connectivity index (χ3v) is 2.27. The average molecular weight is 157 g/mol. The Morgan fingerprint density at radius 2 is 2.00 bits per heavy atom. The van der Waals surface area contributed by atoms with Gasteiger partial charge in [-0.15, -0.1) is 0 Å². The van der Waals surface area contributed by atoms with E-state index in [1.165, 1.54) is 5.70 Å². The summed E-state index contributed by atoms with van der Waals surface area (Å²) in [5, 5.41) is 3.21. The largest absolute Gasteiger partial charge is 0.343 e. The van der Waals surface area contributed by atoms with E-state index in [0.717, 1.165) is 5.03 Å². The Labute approximate surface area is 67.8 Å².